The Kier molecular flexibility index (Phi) is 1.62. The van der Waals surface area contributed by atoms with E-state index in [1.807, 2.05) is 22.9 Å². The van der Waals surface area contributed by atoms with Crippen LogP contribution < -0.4 is 0 Å². The second-order valence-electron chi connectivity index (χ2n) is 1.27. The fraction of sp³-hybridized carbons (Fsp3) is 0. The van der Waals surface area contributed by atoms with Crippen LogP contribution in [0.2, 0.25) is 0 Å². The lowest BCUT2D eigenvalue weighted by Gasteiger charge is -1.83. The van der Waals surface area contributed by atoms with Crippen molar-refractivity contribution in [1.82, 2.24) is 2.78 Å². The molecule has 0 amide bonds. The first kappa shape index (κ1) is 5.74. The molecule has 0 N–H and O–H groups in total. The molecule has 0 saturated heterocycles. The molecule has 1 heterocycles. The van der Waals surface area contributed by atoms with Gasteiger partial charge in [0.05, 0.1) is 22.9 Å². The number of nitroso groups, excluding NO2 is 1. The van der Waals surface area contributed by atoms with Crippen LogP contribution in [0, 0.1) is 4.91 Å². The van der Waals surface area contributed by atoms with Crippen LogP contribution in [0.25, 0.3) is 0 Å². The first-order valence-electron chi connectivity index (χ1n) is 2.01. The zero-order valence-corrected chi connectivity index (χ0v) is 6.07. The van der Waals surface area contributed by atoms with Gasteiger partial charge < -0.3 is 0 Å². The van der Waals surface area contributed by atoms with Crippen molar-refractivity contribution in [3.63, 3.8) is 0 Å². The van der Waals surface area contributed by atoms with Gasteiger partial charge in [-0.25, -0.2) is 0 Å². The summed E-state index contributed by atoms with van der Waals surface area (Å²) in [5.41, 5.74) is 0. The summed E-state index contributed by atoms with van der Waals surface area (Å²) >= 11 is 1.98. The molecule has 8 heavy (non-hydrogen) atoms. The molecule has 0 aromatic carbocycles. The Hall–Kier alpha value is -0.390. The van der Waals surface area contributed by atoms with Crippen LogP contribution in [0.15, 0.2) is 23.5 Å². The van der Waals surface area contributed by atoms with Crippen molar-refractivity contribution in [2.45, 2.75) is 0 Å². The monoisotopic (exact) mass is 222 g/mol. The largest absolute Gasteiger partial charge is 0.271 e. The topological polar surface area (TPSA) is 34.4 Å². The van der Waals surface area contributed by atoms with Crippen LogP contribution >= 0.6 is 22.9 Å². The highest BCUT2D eigenvalue weighted by Crippen LogP contribution is 2.14. The number of nitrogens with zero attached hydrogens (tertiary/aromatic N) is 2. The summed E-state index contributed by atoms with van der Waals surface area (Å²) in [4.78, 5) is 9.81. The van der Waals surface area contributed by atoms with E-state index < -0.39 is 0 Å². The van der Waals surface area contributed by atoms with Crippen LogP contribution in [-0.2, 0) is 0 Å². The maximum atomic E-state index is 9.81. The van der Waals surface area contributed by atoms with E-state index in [4.69, 9.17) is 0 Å². The van der Waals surface area contributed by atoms with E-state index in [2.05, 4.69) is 5.18 Å². The average molecular weight is 222 g/mol. The molecule has 0 saturated carbocycles. The Labute approximate surface area is 60.2 Å². The lowest BCUT2D eigenvalue weighted by Crippen LogP contribution is -1.67. The second kappa shape index (κ2) is 2.25. The summed E-state index contributed by atoms with van der Waals surface area (Å²) < 4.78 is 1.63. The molecule has 0 aliphatic heterocycles. The number of halogens is 1. The minimum absolute atomic E-state index is 0.450. The highest BCUT2D eigenvalue weighted by molar-refractivity contribution is 14.1. The molecule has 0 aliphatic carbocycles. The van der Waals surface area contributed by atoms with Gasteiger partial charge in [-0.05, 0) is 17.3 Å². The summed E-state index contributed by atoms with van der Waals surface area (Å²) in [6.07, 6.45) is 1.76. The Morgan fingerprint density at radius 1 is 1.75 bits per heavy atom. The van der Waals surface area contributed by atoms with E-state index in [1.54, 1.807) is 21.1 Å². The Morgan fingerprint density at radius 3 is 2.75 bits per heavy atom. The normalized spacial score (nSPS) is 9.12. The molecule has 0 fully saturated rings. The zero-order chi connectivity index (χ0) is 5.98. The van der Waals surface area contributed by atoms with Crippen molar-refractivity contribution in [2.24, 2.45) is 5.18 Å². The van der Waals surface area contributed by atoms with Crippen LogP contribution in [-0.4, -0.2) is 2.78 Å². The fourth-order valence-corrected chi connectivity index (χ4v) is 0.856. The van der Waals surface area contributed by atoms with Crippen LogP contribution in [0.5, 0.6) is 0 Å². The van der Waals surface area contributed by atoms with Crippen molar-refractivity contribution in [3.8, 4) is 0 Å². The van der Waals surface area contributed by atoms with Crippen LogP contribution in [0.4, 0.5) is 5.82 Å². The molecule has 4 heteroatoms. The van der Waals surface area contributed by atoms with Gasteiger partial charge in [0.25, 0.3) is 0 Å². The van der Waals surface area contributed by atoms with E-state index in [0.29, 0.717) is 5.82 Å². The Balaban J connectivity index is 3.09. The maximum absolute atomic E-state index is 9.81. The lowest BCUT2D eigenvalue weighted by molar-refractivity contribution is 1.29. The van der Waals surface area contributed by atoms with Crippen molar-refractivity contribution >= 4 is 28.7 Å². The van der Waals surface area contributed by atoms with Crippen molar-refractivity contribution in [2.75, 3.05) is 0 Å². The summed E-state index contributed by atoms with van der Waals surface area (Å²) in [5, 5.41) is 2.74. The third kappa shape index (κ3) is 0.885. The van der Waals surface area contributed by atoms with E-state index in [-0.39, 0.29) is 0 Å². The molecule has 0 spiro atoms. The van der Waals surface area contributed by atoms with E-state index >= 15 is 0 Å². The van der Waals surface area contributed by atoms with Crippen molar-refractivity contribution in [1.29, 1.82) is 0 Å². The van der Waals surface area contributed by atoms with E-state index in [9.17, 15) is 4.91 Å². The Bertz CT molecular complexity index is 196. The van der Waals surface area contributed by atoms with E-state index in [0.717, 1.165) is 0 Å². The molecule has 1 aromatic rings. The summed E-state index contributed by atoms with van der Waals surface area (Å²) in [6, 6.07) is 3.42. The number of aromatic nitrogens is 1. The summed E-state index contributed by atoms with van der Waals surface area (Å²) in [5.74, 6) is 0.450. The van der Waals surface area contributed by atoms with Gasteiger partial charge in [0.15, 0.2) is 5.82 Å². The van der Waals surface area contributed by atoms with E-state index in [1.165, 1.54) is 0 Å². The molecule has 0 bridgehead atoms. The molecule has 3 nitrogen and oxygen atoms in total. The molecule has 0 radical (unpaired) electrons. The maximum Gasteiger partial charge on any atom is 0.186 e. The number of hydrogen-bond acceptors (Lipinski definition) is 2. The van der Waals surface area contributed by atoms with Crippen molar-refractivity contribution < 1.29 is 0 Å². The van der Waals surface area contributed by atoms with Gasteiger partial charge in [-0.3, -0.25) is 2.78 Å². The van der Waals surface area contributed by atoms with Crippen LogP contribution in [0.3, 0.4) is 0 Å². The van der Waals surface area contributed by atoms with Gasteiger partial charge in [0.2, 0.25) is 0 Å². The van der Waals surface area contributed by atoms with Gasteiger partial charge in [-0.15, -0.1) is 4.91 Å². The predicted octanol–water partition coefficient (Wildman–Crippen LogP) is 2.08. The minimum Gasteiger partial charge on any atom is -0.271 e. The smallest absolute Gasteiger partial charge is 0.186 e. The van der Waals surface area contributed by atoms with Crippen molar-refractivity contribution in [3.05, 3.63) is 23.2 Å². The predicted molar refractivity (Wildman–Crippen MR) is 39.3 cm³/mol. The minimum atomic E-state index is 0.450. The SMILES string of the molecule is O=Nc1cccn1I. The summed E-state index contributed by atoms with van der Waals surface area (Å²) in [7, 11) is 0. The second-order valence-corrected chi connectivity index (χ2v) is 2.31. The van der Waals surface area contributed by atoms with Gasteiger partial charge in [-0.2, -0.15) is 0 Å². The molecular formula is C4H3IN2O. The van der Waals surface area contributed by atoms with Gasteiger partial charge in [0.1, 0.15) is 0 Å². The standard InChI is InChI=1S/C4H3IN2O/c5-7-3-1-2-4(7)6-8/h1-3H. The molecule has 0 unspecified atom stereocenters. The molecular weight excluding hydrogens is 219 g/mol. The Morgan fingerprint density at radius 2 is 2.50 bits per heavy atom. The average Bonchev–Trinajstić information content (AvgIpc) is 2.14. The first-order chi connectivity index (χ1) is 3.84. The highest BCUT2D eigenvalue weighted by atomic mass is 127. The third-order valence-corrected chi connectivity index (χ3v) is 1.59. The fourth-order valence-electron chi connectivity index (χ4n) is 0.422. The molecule has 42 valence electrons. The van der Waals surface area contributed by atoms with Gasteiger partial charge in [-0.1, -0.05) is 0 Å². The highest BCUT2D eigenvalue weighted by Gasteiger charge is 1.92. The third-order valence-electron chi connectivity index (χ3n) is 0.775. The number of rotatable bonds is 1. The zero-order valence-electron chi connectivity index (χ0n) is 3.91. The molecule has 0 atom stereocenters. The number of hydrogen-bond donors (Lipinski definition) is 0. The molecule has 1 aromatic heterocycles. The van der Waals surface area contributed by atoms with Gasteiger partial charge in [0, 0.05) is 6.20 Å². The lowest BCUT2D eigenvalue weighted by atomic mass is 10.6. The van der Waals surface area contributed by atoms with Crippen LogP contribution in [0.1, 0.15) is 0 Å². The summed E-state index contributed by atoms with van der Waals surface area (Å²) in [6.45, 7) is 0. The first-order valence-corrected chi connectivity index (χ1v) is 2.98. The molecule has 0 aliphatic rings. The quantitative estimate of drug-likeness (QED) is 0.529. The molecule has 1 rings (SSSR count). The van der Waals surface area contributed by atoms with Gasteiger partial charge >= 0.3 is 0 Å².